The molecule has 4 aliphatic rings. The molecule has 1 unspecified atom stereocenters. The van der Waals surface area contributed by atoms with Crippen LogP contribution in [0.4, 0.5) is 10.2 Å². The van der Waals surface area contributed by atoms with E-state index in [-0.39, 0.29) is 18.5 Å². The maximum atomic E-state index is 13.8. The molecule has 1 aromatic heterocycles. The number of nitriles is 1. The Morgan fingerprint density at radius 3 is 2.57 bits per heavy atom. The van der Waals surface area contributed by atoms with Crippen LogP contribution in [0.3, 0.4) is 0 Å². The van der Waals surface area contributed by atoms with Crippen LogP contribution in [0.2, 0.25) is 5.02 Å². The average Bonchev–Trinajstić information content (AvgIpc) is 3.50. The number of nitrogens with zero attached hydrogens (tertiary/aromatic N) is 6. The van der Waals surface area contributed by atoms with E-state index in [2.05, 4.69) is 42.5 Å². The summed E-state index contributed by atoms with van der Waals surface area (Å²) >= 11 is 6.43. The van der Waals surface area contributed by atoms with Gasteiger partial charge in [-0.1, -0.05) is 63.6 Å². The van der Waals surface area contributed by atoms with Crippen LogP contribution in [-0.4, -0.2) is 77.1 Å². The smallest absolute Gasteiger partial charge is 0.318 e. The lowest BCUT2D eigenvalue weighted by molar-refractivity contribution is -0.131. The zero-order valence-electron chi connectivity index (χ0n) is 26.6. The molecular formula is C34H46ClFN6O2. The predicted molar refractivity (Wildman–Crippen MR) is 173 cm³/mol. The Labute approximate surface area is 266 Å². The van der Waals surface area contributed by atoms with E-state index < -0.39 is 17.8 Å². The molecule has 3 aliphatic heterocycles. The third-order valence-corrected chi connectivity index (χ3v) is 9.49. The zero-order valence-corrected chi connectivity index (χ0v) is 27.4. The zero-order chi connectivity index (χ0) is 31.9. The van der Waals surface area contributed by atoms with Crippen molar-refractivity contribution in [3.8, 4) is 12.1 Å². The Bertz CT molecular complexity index is 1360. The SMILES string of the molecule is C=C(F)C(=O)N1CCN(c2nc(OCC34CC(CN3C)C4)nc(CCCc3ccccc3Cl)c2CCC)CC1CC#N.CC. The molecule has 1 aliphatic carbocycles. The molecule has 1 atom stereocenters. The van der Waals surface area contributed by atoms with Gasteiger partial charge in [0.15, 0.2) is 5.83 Å². The summed E-state index contributed by atoms with van der Waals surface area (Å²) in [4.78, 5) is 28.4. The van der Waals surface area contributed by atoms with Crippen LogP contribution in [-0.2, 0) is 24.1 Å². The summed E-state index contributed by atoms with van der Waals surface area (Å²) in [5.41, 5.74) is 3.19. The van der Waals surface area contributed by atoms with Crippen LogP contribution in [0.25, 0.3) is 0 Å². The van der Waals surface area contributed by atoms with E-state index >= 15 is 0 Å². The van der Waals surface area contributed by atoms with Gasteiger partial charge in [-0.05, 0) is 63.1 Å². The van der Waals surface area contributed by atoms with Gasteiger partial charge in [0.25, 0.3) is 5.91 Å². The number of rotatable bonds is 12. The van der Waals surface area contributed by atoms with Crippen molar-refractivity contribution in [1.29, 1.82) is 5.26 Å². The van der Waals surface area contributed by atoms with Crippen molar-refractivity contribution in [2.24, 2.45) is 5.92 Å². The van der Waals surface area contributed by atoms with Crippen LogP contribution in [0, 0.1) is 17.2 Å². The first-order valence-electron chi connectivity index (χ1n) is 16.0. The number of aromatic nitrogens is 2. The number of amides is 1. The second-order valence-electron chi connectivity index (χ2n) is 12.0. The number of halogens is 2. The van der Waals surface area contributed by atoms with Gasteiger partial charge in [-0.15, -0.1) is 0 Å². The highest BCUT2D eigenvalue weighted by atomic mass is 35.5. The normalized spacial score (nSPS) is 22.5. The fraction of sp³-hybridized carbons (Fsp3) is 0.588. The number of aryl methyl sites for hydroxylation is 2. The fourth-order valence-corrected chi connectivity index (χ4v) is 7.13. The molecule has 8 nitrogen and oxygen atoms in total. The Morgan fingerprint density at radius 1 is 1.18 bits per heavy atom. The number of carbonyl (C=O) groups excluding carboxylic acids is 1. The summed E-state index contributed by atoms with van der Waals surface area (Å²) in [5.74, 6) is -0.230. The van der Waals surface area contributed by atoms with E-state index in [1.165, 1.54) is 4.90 Å². The summed E-state index contributed by atoms with van der Waals surface area (Å²) in [5, 5.41) is 10.3. The minimum atomic E-state index is -1.01. The van der Waals surface area contributed by atoms with Crippen molar-refractivity contribution in [2.45, 2.75) is 83.7 Å². The van der Waals surface area contributed by atoms with E-state index in [1.54, 1.807) is 0 Å². The van der Waals surface area contributed by atoms with Crippen LogP contribution in [0.15, 0.2) is 36.7 Å². The maximum absolute atomic E-state index is 13.8. The molecule has 10 heteroatoms. The molecule has 0 spiro atoms. The molecular weight excluding hydrogens is 579 g/mol. The van der Waals surface area contributed by atoms with Gasteiger partial charge in [-0.3, -0.25) is 9.69 Å². The molecule has 0 radical (unpaired) electrons. The largest absolute Gasteiger partial charge is 0.461 e. The number of anilines is 1. The first-order valence-corrected chi connectivity index (χ1v) is 16.4. The minimum absolute atomic E-state index is 0.0547. The first kappa shape index (κ1) is 33.7. The Hall–Kier alpha value is -3.22. The summed E-state index contributed by atoms with van der Waals surface area (Å²) in [6.45, 7) is 12.1. The highest BCUT2D eigenvalue weighted by Gasteiger charge is 2.55. The molecule has 2 aromatic rings. The lowest BCUT2D eigenvalue weighted by atomic mass is 9.74. The van der Waals surface area contributed by atoms with Crippen LogP contribution in [0.5, 0.6) is 6.01 Å². The molecule has 1 amide bonds. The molecule has 0 N–H and O–H groups in total. The molecule has 3 saturated heterocycles. The van der Waals surface area contributed by atoms with Gasteiger partial charge < -0.3 is 14.5 Å². The van der Waals surface area contributed by atoms with Crippen LogP contribution < -0.4 is 9.64 Å². The topological polar surface area (TPSA) is 85.6 Å². The average molecular weight is 625 g/mol. The summed E-state index contributed by atoms with van der Waals surface area (Å²) < 4.78 is 20.2. The van der Waals surface area contributed by atoms with Gasteiger partial charge in [0.2, 0.25) is 0 Å². The van der Waals surface area contributed by atoms with Gasteiger partial charge in [0.05, 0.1) is 29.8 Å². The van der Waals surface area contributed by atoms with E-state index in [1.807, 2.05) is 32.0 Å². The molecule has 2 bridgehead atoms. The lowest BCUT2D eigenvalue weighted by Crippen LogP contribution is -2.55. The van der Waals surface area contributed by atoms with E-state index in [0.29, 0.717) is 25.7 Å². The van der Waals surface area contributed by atoms with E-state index in [4.69, 9.17) is 26.3 Å². The third kappa shape index (κ3) is 7.35. The van der Waals surface area contributed by atoms with Gasteiger partial charge in [-0.25, -0.2) is 4.39 Å². The molecule has 4 fully saturated rings. The molecule has 4 heterocycles. The van der Waals surface area contributed by atoms with Gasteiger partial charge in [0, 0.05) is 36.8 Å². The first-order chi connectivity index (χ1) is 21.2. The Balaban J connectivity index is 0.00000216. The summed E-state index contributed by atoms with van der Waals surface area (Å²) in [6.07, 6.45) is 6.49. The standard InChI is InChI=1S/C32H40ClFN6O2.C2H6/c1-4-8-26-28(12-7-10-24-9-5-6-11-27(24)33)36-31(42-21-32-17-23(18-32)19-38(32)3)37-29(26)39-15-16-40(30(41)22(2)34)25(20-39)13-14-35;1-2/h5-6,9,11,23,25H,2,4,7-8,10,12-13,15-21H2,1,3H3;1-2H3. The minimum Gasteiger partial charge on any atom is -0.461 e. The van der Waals surface area contributed by atoms with Crippen molar-refractivity contribution in [2.75, 3.05) is 44.7 Å². The van der Waals surface area contributed by atoms with Crippen molar-refractivity contribution in [1.82, 2.24) is 19.8 Å². The van der Waals surface area contributed by atoms with Gasteiger partial charge in [-0.2, -0.15) is 15.2 Å². The number of fused-ring (bicyclic) bond motifs is 1. The van der Waals surface area contributed by atoms with Crippen LogP contribution >= 0.6 is 11.6 Å². The quantitative estimate of drug-likeness (QED) is 0.261. The predicted octanol–water partition coefficient (Wildman–Crippen LogP) is 6.17. The lowest BCUT2D eigenvalue weighted by Gasteiger charge is -2.42. The van der Waals surface area contributed by atoms with Crippen LogP contribution in [0.1, 0.15) is 69.7 Å². The van der Waals surface area contributed by atoms with Crippen molar-refractivity contribution >= 4 is 23.3 Å². The number of benzene rings is 1. The number of likely N-dealkylation sites (N-methyl/N-ethyl adjacent to an activating group) is 1. The summed E-state index contributed by atoms with van der Waals surface area (Å²) in [7, 11) is 2.16. The number of hydrogen-bond acceptors (Lipinski definition) is 7. The molecule has 44 heavy (non-hydrogen) atoms. The molecule has 6 rings (SSSR count). The summed E-state index contributed by atoms with van der Waals surface area (Å²) in [6, 6.07) is 9.97. The highest BCUT2D eigenvalue weighted by molar-refractivity contribution is 6.31. The van der Waals surface area contributed by atoms with Gasteiger partial charge in [0.1, 0.15) is 12.4 Å². The second kappa shape index (κ2) is 15.2. The number of ether oxygens (including phenoxy) is 1. The fourth-order valence-electron chi connectivity index (χ4n) is 6.90. The monoisotopic (exact) mass is 624 g/mol. The van der Waals surface area contributed by atoms with Gasteiger partial charge >= 0.3 is 6.01 Å². The Morgan fingerprint density at radius 2 is 1.93 bits per heavy atom. The number of piperazine rings is 1. The van der Waals surface area contributed by atoms with E-state index in [0.717, 1.165) is 85.1 Å². The third-order valence-electron chi connectivity index (χ3n) is 9.12. The van der Waals surface area contributed by atoms with Crippen molar-refractivity contribution in [3.63, 3.8) is 0 Å². The highest BCUT2D eigenvalue weighted by Crippen LogP contribution is 2.49. The molecule has 238 valence electrons. The second-order valence-corrected chi connectivity index (χ2v) is 12.4. The van der Waals surface area contributed by atoms with Crippen molar-refractivity contribution in [3.05, 3.63) is 58.5 Å². The number of hydrogen-bond donors (Lipinski definition) is 0. The van der Waals surface area contributed by atoms with Crippen molar-refractivity contribution < 1.29 is 13.9 Å². The Kier molecular flexibility index (Phi) is 11.6. The van der Waals surface area contributed by atoms with E-state index in [9.17, 15) is 14.4 Å². The number of carbonyl (C=O) groups is 1. The molecule has 1 aromatic carbocycles. The molecule has 1 saturated carbocycles. The maximum Gasteiger partial charge on any atom is 0.318 e.